The summed E-state index contributed by atoms with van der Waals surface area (Å²) in [5, 5.41) is 3.06. The SMILES string of the molecule is CCC1C(=O)NC2(CCCC2)C(=O)N1C1(C)CCOC1C. The molecule has 1 N–H and O–H groups in total. The van der Waals surface area contributed by atoms with Gasteiger partial charge in [-0.05, 0) is 39.5 Å². The van der Waals surface area contributed by atoms with Crippen molar-refractivity contribution >= 4 is 11.8 Å². The summed E-state index contributed by atoms with van der Waals surface area (Å²) in [7, 11) is 0. The van der Waals surface area contributed by atoms with Crippen LogP contribution in [-0.2, 0) is 14.3 Å². The lowest BCUT2D eigenvalue weighted by Gasteiger charge is -2.52. The first kappa shape index (κ1) is 14.8. The number of rotatable bonds is 2. The van der Waals surface area contributed by atoms with Crippen LogP contribution in [0.4, 0.5) is 0 Å². The first-order chi connectivity index (χ1) is 9.94. The smallest absolute Gasteiger partial charge is 0.249 e. The predicted octanol–water partition coefficient (Wildman–Crippen LogP) is 1.60. The highest BCUT2D eigenvalue weighted by Crippen LogP contribution is 2.41. The lowest BCUT2D eigenvalue weighted by Crippen LogP contribution is -2.74. The highest BCUT2D eigenvalue weighted by molar-refractivity contribution is 6.00. The van der Waals surface area contributed by atoms with Crippen LogP contribution in [0, 0.1) is 0 Å². The van der Waals surface area contributed by atoms with Crippen LogP contribution in [0.3, 0.4) is 0 Å². The van der Waals surface area contributed by atoms with E-state index in [9.17, 15) is 9.59 Å². The van der Waals surface area contributed by atoms with E-state index in [-0.39, 0.29) is 29.5 Å². The van der Waals surface area contributed by atoms with E-state index in [1.54, 1.807) is 0 Å². The second-order valence-electron chi connectivity index (χ2n) is 7.00. The van der Waals surface area contributed by atoms with Gasteiger partial charge in [-0.3, -0.25) is 9.59 Å². The van der Waals surface area contributed by atoms with Crippen LogP contribution in [0.25, 0.3) is 0 Å². The molecule has 0 bridgehead atoms. The Bertz CT molecular complexity index is 458. The number of nitrogens with one attached hydrogen (secondary N) is 1. The van der Waals surface area contributed by atoms with Crippen molar-refractivity contribution in [2.45, 2.75) is 82.5 Å². The molecule has 3 fully saturated rings. The maximum Gasteiger partial charge on any atom is 0.249 e. The second-order valence-corrected chi connectivity index (χ2v) is 7.00. The molecule has 2 heterocycles. The highest BCUT2D eigenvalue weighted by atomic mass is 16.5. The van der Waals surface area contributed by atoms with Crippen LogP contribution in [0.2, 0.25) is 0 Å². The Hall–Kier alpha value is -1.10. The van der Waals surface area contributed by atoms with Gasteiger partial charge >= 0.3 is 0 Å². The number of ether oxygens (including phenoxy) is 1. The molecular weight excluding hydrogens is 268 g/mol. The molecule has 118 valence electrons. The number of carbonyl (C=O) groups is 2. The molecule has 0 aromatic rings. The average Bonchev–Trinajstić information content (AvgIpc) is 3.03. The van der Waals surface area contributed by atoms with Gasteiger partial charge in [0.2, 0.25) is 11.8 Å². The van der Waals surface area contributed by atoms with E-state index in [0.717, 1.165) is 32.1 Å². The molecule has 3 atom stereocenters. The summed E-state index contributed by atoms with van der Waals surface area (Å²) in [4.78, 5) is 27.7. The first-order valence-corrected chi connectivity index (χ1v) is 8.22. The van der Waals surface area contributed by atoms with E-state index in [1.165, 1.54) is 0 Å². The quantitative estimate of drug-likeness (QED) is 0.841. The topological polar surface area (TPSA) is 58.6 Å². The summed E-state index contributed by atoms with van der Waals surface area (Å²) < 4.78 is 5.72. The van der Waals surface area contributed by atoms with E-state index >= 15 is 0 Å². The zero-order chi connectivity index (χ0) is 15.3. The van der Waals surface area contributed by atoms with Crippen molar-refractivity contribution in [2.75, 3.05) is 6.61 Å². The largest absolute Gasteiger partial charge is 0.376 e. The molecule has 3 rings (SSSR count). The Morgan fingerprint density at radius 1 is 1.29 bits per heavy atom. The van der Waals surface area contributed by atoms with Crippen molar-refractivity contribution in [3.63, 3.8) is 0 Å². The van der Waals surface area contributed by atoms with Gasteiger partial charge in [0.1, 0.15) is 11.6 Å². The Kier molecular flexibility index (Phi) is 3.51. The molecule has 3 aliphatic rings. The fourth-order valence-corrected chi connectivity index (χ4v) is 4.28. The van der Waals surface area contributed by atoms with E-state index < -0.39 is 5.54 Å². The molecule has 0 radical (unpaired) electrons. The molecule has 0 aromatic heterocycles. The molecular formula is C16H26N2O3. The maximum atomic E-state index is 13.3. The van der Waals surface area contributed by atoms with Crippen LogP contribution in [0.15, 0.2) is 0 Å². The molecule has 5 heteroatoms. The molecule has 3 unspecified atom stereocenters. The number of piperazine rings is 1. The number of hydrogen-bond donors (Lipinski definition) is 1. The lowest BCUT2D eigenvalue weighted by molar-refractivity contribution is -0.164. The van der Waals surface area contributed by atoms with Crippen molar-refractivity contribution in [3.8, 4) is 0 Å². The normalized spacial score (nSPS) is 39.1. The van der Waals surface area contributed by atoms with Gasteiger partial charge in [-0.15, -0.1) is 0 Å². The highest BCUT2D eigenvalue weighted by Gasteiger charge is 2.58. The molecule has 0 aromatic carbocycles. The Morgan fingerprint density at radius 3 is 2.48 bits per heavy atom. The summed E-state index contributed by atoms with van der Waals surface area (Å²) in [6, 6.07) is -0.363. The van der Waals surface area contributed by atoms with Crippen LogP contribution < -0.4 is 5.32 Å². The fraction of sp³-hybridized carbons (Fsp3) is 0.875. The zero-order valence-electron chi connectivity index (χ0n) is 13.3. The Morgan fingerprint density at radius 2 is 1.95 bits per heavy atom. The minimum Gasteiger partial charge on any atom is -0.376 e. The van der Waals surface area contributed by atoms with Crippen molar-refractivity contribution < 1.29 is 14.3 Å². The molecule has 2 aliphatic heterocycles. The van der Waals surface area contributed by atoms with Crippen LogP contribution >= 0.6 is 0 Å². The minimum atomic E-state index is -0.645. The molecule has 2 saturated heterocycles. The first-order valence-electron chi connectivity index (χ1n) is 8.22. The molecule has 5 nitrogen and oxygen atoms in total. The zero-order valence-corrected chi connectivity index (χ0v) is 13.3. The third kappa shape index (κ3) is 2.00. The summed E-state index contributed by atoms with van der Waals surface area (Å²) in [6.07, 6.45) is 5.00. The summed E-state index contributed by atoms with van der Waals surface area (Å²) >= 11 is 0. The number of nitrogens with zero attached hydrogens (tertiary/aromatic N) is 1. The van der Waals surface area contributed by atoms with Gasteiger partial charge in [0, 0.05) is 6.61 Å². The van der Waals surface area contributed by atoms with Crippen LogP contribution in [0.5, 0.6) is 0 Å². The van der Waals surface area contributed by atoms with Gasteiger partial charge < -0.3 is 15.0 Å². The van der Waals surface area contributed by atoms with Crippen molar-refractivity contribution in [3.05, 3.63) is 0 Å². The third-order valence-corrected chi connectivity index (χ3v) is 5.85. The van der Waals surface area contributed by atoms with Gasteiger partial charge in [-0.25, -0.2) is 0 Å². The summed E-state index contributed by atoms with van der Waals surface area (Å²) in [6.45, 7) is 6.72. The van der Waals surface area contributed by atoms with Gasteiger partial charge in [-0.1, -0.05) is 19.8 Å². The van der Waals surface area contributed by atoms with Crippen molar-refractivity contribution in [2.24, 2.45) is 0 Å². The number of carbonyl (C=O) groups excluding carboxylic acids is 2. The molecule has 1 aliphatic carbocycles. The van der Waals surface area contributed by atoms with Crippen molar-refractivity contribution in [1.82, 2.24) is 10.2 Å². The van der Waals surface area contributed by atoms with Gasteiger partial charge in [0.25, 0.3) is 0 Å². The Labute approximate surface area is 126 Å². The standard InChI is InChI=1S/C16H26N2O3/c1-4-12-13(19)17-16(7-5-6-8-16)14(20)18(12)15(3)9-10-21-11(15)2/h11-12H,4-10H2,1-3H3,(H,17,19). The Balaban J connectivity index is 2.01. The van der Waals surface area contributed by atoms with Gasteiger partial charge in [-0.2, -0.15) is 0 Å². The monoisotopic (exact) mass is 294 g/mol. The van der Waals surface area contributed by atoms with Gasteiger partial charge in [0.15, 0.2) is 0 Å². The number of hydrogen-bond acceptors (Lipinski definition) is 3. The summed E-state index contributed by atoms with van der Waals surface area (Å²) in [5.41, 5.74) is -1.01. The lowest BCUT2D eigenvalue weighted by atomic mass is 9.82. The maximum absolute atomic E-state index is 13.3. The van der Waals surface area contributed by atoms with E-state index in [1.807, 2.05) is 18.7 Å². The molecule has 2 amide bonds. The number of amides is 2. The molecule has 1 saturated carbocycles. The van der Waals surface area contributed by atoms with Gasteiger partial charge in [0.05, 0.1) is 11.6 Å². The molecule has 21 heavy (non-hydrogen) atoms. The van der Waals surface area contributed by atoms with Crippen LogP contribution in [0.1, 0.15) is 59.3 Å². The summed E-state index contributed by atoms with van der Waals surface area (Å²) in [5.74, 6) is 0.130. The van der Waals surface area contributed by atoms with Crippen LogP contribution in [-0.4, -0.2) is 46.5 Å². The fourth-order valence-electron chi connectivity index (χ4n) is 4.28. The average molecular weight is 294 g/mol. The second kappa shape index (κ2) is 4.97. The van der Waals surface area contributed by atoms with E-state index in [4.69, 9.17) is 4.74 Å². The minimum absolute atomic E-state index is 0.0133. The van der Waals surface area contributed by atoms with E-state index in [2.05, 4.69) is 12.2 Å². The third-order valence-electron chi connectivity index (χ3n) is 5.85. The van der Waals surface area contributed by atoms with Crippen molar-refractivity contribution in [1.29, 1.82) is 0 Å². The predicted molar refractivity (Wildman–Crippen MR) is 78.7 cm³/mol. The van der Waals surface area contributed by atoms with E-state index in [0.29, 0.717) is 13.0 Å². The molecule has 1 spiro atoms.